The summed E-state index contributed by atoms with van der Waals surface area (Å²) in [5.74, 6) is 0.549. The van der Waals surface area contributed by atoms with Crippen molar-refractivity contribution in [2.75, 3.05) is 33.2 Å². The number of hydrogen-bond donors (Lipinski definition) is 1. The summed E-state index contributed by atoms with van der Waals surface area (Å²) < 4.78 is 15.4. The fraction of sp³-hybridized carbons (Fsp3) is 0.333. The molecule has 1 heterocycles. The van der Waals surface area contributed by atoms with Crippen LogP contribution in [0.25, 0.3) is 0 Å². The summed E-state index contributed by atoms with van der Waals surface area (Å²) in [4.78, 5) is 26.7. The zero-order valence-electron chi connectivity index (χ0n) is 16.2. The largest absolute Gasteiger partial charge is 0.493 e. The number of amides is 1. The van der Waals surface area contributed by atoms with E-state index in [1.165, 1.54) is 14.2 Å². The molecule has 148 valence electrons. The molecule has 0 bridgehead atoms. The Balaban J connectivity index is 1.73. The quantitative estimate of drug-likeness (QED) is 0.770. The molecule has 0 fully saturated rings. The molecule has 0 aromatic heterocycles. The lowest BCUT2D eigenvalue weighted by Crippen LogP contribution is -2.49. The van der Waals surface area contributed by atoms with Gasteiger partial charge in [0, 0.05) is 18.3 Å². The van der Waals surface area contributed by atoms with Crippen LogP contribution in [0.3, 0.4) is 0 Å². The average molecular weight is 384 g/mol. The highest BCUT2D eigenvalue weighted by Crippen LogP contribution is 2.30. The number of carbonyl (C=O) groups is 2. The molecule has 0 aliphatic carbocycles. The number of carbonyl (C=O) groups excluding carboxylic acids is 2. The predicted octanol–water partition coefficient (Wildman–Crippen LogP) is 2.24. The molecule has 0 spiro atoms. The van der Waals surface area contributed by atoms with E-state index >= 15 is 0 Å². The topological polar surface area (TPSA) is 77.1 Å². The van der Waals surface area contributed by atoms with Crippen LogP contribution in [-0.4, -0.2) is 50.7 Å². The van der Waals surface area contributed by atoms with E-state index in [9.17, 15) is 9.59 Å². The van der Waals surface area contributed by atoms with E-state index in [1.54, 1.807) is 25.3 Å². The van der Waals surface area contributed by atoms with Crippen LogP contribution in [0.15, 0.2) is 42.5 Å². The van der Waals surface area contributed by atoms with E-state index in [4.69, 9.17) is 14.2 Å². The Hall–Kier alpha value is -3.06. The normalized spacial score (nSPS) is 16.0. The fourth-order valence-electron chi connectivity index (χ4n) is 3.41. The second kappa shape index (κ2) is 8.75. The summed E-state index contributed by atoms with van der Waals surface area (Å²) in [7, 11) is 4.46. The first kappa shape index (κ1) is 19.7. The molecule has 28 heavy (non-hydrogen) atoms. The van der Waals surface area contributed by atoms with Gasteiger partial charge in [-0.3, -0.25) is 14.5 Å². The molecule has 0 radical (unpaired) electrons. The number of anilines is 1. The number of esters is 1. The van der Waals surface area contributed by atoms with Crippen LogP contribution < -0.4 is 14.8 Å². The highest BCUT2D eigenvalue weighted by Gasteiger charge is 2.33. The van der Waals surface area contributed by atoms with E-state index in [0.717, 1.165) is 11.1 Å². The number of benzene rings is 2. The molecule has 1 atom stereocenters. The minimum atomic E-state index is -0.490. The summed E-state index contributed by atoms with van der Waals surface area (Å²) in [5.41, 5.74) is 2.81. The van der Waals surface area contributed by atoms with Crippen molar-refractivity contribution >= 4 is 17.6 Å². The molecule has 1 amide bonds. The van der Waals surface area contributed by atoms with Gasteiger partial charge in [-0.2, -0.15) is 0 Å². The van der Waals surface area contributed by atoms with Crippen molar-refractivity contribution < 1.29 is 23.8 Å². The Morgan fingerprint density at radius 3 is 2.43 bits per heavy atom. The van der Waals surface area contributed by atoms with Gasteiger partial charge < -0.3 is 19.5 Å². The Kier molecular flexibility index (Phi) is 6.16. The van der Waals surface area contributed by atoms with Gasteiger partial charge in [0.05, 0.1) is 27.9 Å². The maximum Gasteiger partial charge on any atom is 0.323 e. The molecule has 7 nitrogen and oxygen atoms in total. The first-order chi connectivity index (χ1) is 13.5. The zero-order valence-corrected chi connectivity index (χ0v) is 16.2. The SMILES string of the molecule is COC(=O)[C@@H]1Cc2ccccc2CN1CC(=O)Nc1ccc(OC)c(OC)c1. The van der Waals surface area contributed by atoms with E-state index in [2.05, 4.69) is 5.32 Å². The third-order valence-electron chi connectivity index (χ3n) is 4.83. The van der Waals surface area contributed by atoms with Crippen molar-refractivity contribution in [1.29, 1.82) is 0 Å². The zero-order chi connectivity index (χ0) is 20.1. The Morgan fingerprint density at radius 1 is 1.04 bits per heavy atom. The number of nitrogens with zero attached hydrogens (tertiary/aromatic N) is 1. The van der Waals surface area contributed by atoms with Crippen molar-refractivity contribution in [2.24, 2.45) is 0 Å². The molecule has 1 aliphatic rings. The van der Waals surface area contributed by atoms with E-state index in [0.29, 0.717) is 30.2 Å². The van der Waals surface area contributed by atoms with Gasteiger partial charge in [0.1, 0.15) is 6.04 Å². The molecule has 0 unspecified atom stereocenters. The van der Waals surface area contributed by atoms with Crippen molar-refractivity contribution in [3.05, 3.63) is 53.6 Å². The second-order valence-corrected chi connectivity index (χ2v) is 6.53. The second-order valence-electron chi connectivity index (χ2n) is 6.53. The molecule has 3 rings (SSSR count). The summed E-state index contributed by atoms with van der Waals surface area (Å²) in [5, 5.41) is 2.85. The molecule has 0 saturated carbocycles. The van der Waals surface area contributed by atoms with Gasteiger partial charge in [-0.15, -0.1) is 0 Å². The summed E-state index contributed by atoms with van der Waals surface area (Å²) in [6.45, 7) is 0.581. The highest BCUT2D eigenvalue weighted by atomic mass is 16.5. The van der Waals surface area contributed by atoms with Crippen molar-refractivity contribution in [3.8, 4) is 11.5 Å². The Morgan fingerprint density at radius 2 is 1.75 bits per heavy atom. The minimum Gasteiger partial charge on any atom is -0.493 e. The molecule has 7 heteroatoms. The maximum absolute atomic E-state index is 12.6. The number of rotatable bonds is 6. The molecular formula is C21H24N2O5. The van der Waals surface area contributed by atoms with Gasteiger partial charge in [0.25, 0.3) is 0 Å². The van der Waals surface area contributed by atoms with Gasteiger partial charge in [-0.25, -0.2) is 0 Å². The van der Waals surface area contributed by atoms with Gasteiger partial charge in [0.2, 0.25) is 5.91 Å². The summed E-state index contributed by atoms with van der Waals surface area (Å²) in [6.07, 6.45) is 0.520. The number of fused-ring (bicyclic) bond motifs is 1. The van der Waals surface area contributed by atoms with Crippen molar-refractivity contribution in [1.82, 2.24) is 4.90 Å². The number of nitrogens with one attached hydrogen (secondary N) is 1. The van der Waals surface area contributed by atoms with Crippen LogP contribution >= 0.6 is 0 Å². The number of ether oxygens (including phenoxy) is 3. The van der Waals surface area contributed by atoms with Crippen molar-refractivity contribution in [3.63, 3.8) is 0 Å². The molecule has 1 N–H and O–H groups in total. The Bertz CT molecular complexity index is 868. The van der Waals surface area contributed by atoms with Crippen molar-refractivity contribution in [2.45, 2.75) is 19.0 Å². The van der Waals surface area contributed by atoms with Crippen LogP contribution in [0.1, 0.15) is 11.1 Å². The first-order valence-electron chi connectivity index (χ1n) is 8.96. The van der Waals surface area contributed by atoms with Crippen LogP contribution in [0.4, 0.5) is 5.69 Å². The molecule has 1 aliphatic heterocycles. The van der Waals surface area contributed by atoms with Gasteiger partial charge in [-0.05, 0) is 29.7 Å². The minimum absolute atomic E-state index is 0.0719. The Labute approximate surface area is 164 Å². The predicted molar refractivity (Wildman–Crippen MR) is 105 cm³/mol. The molecule has 0 saturated heterocycles. The van der Waals surface area contributed by atoms with Crippen LogP contribution in [0.5, 0.6) is 11.5 Å². The molecule has 2 aromatic carbocycles. The highest BCUT2D eigenvalue weighted by molar-refractivity contribution is 5.93. The monoisotopic (exact) mass is 384 g/mol. The first-order valence-corrected chi connectivity index (χ1v) is 8.96. The van der Waals surface area contributed by atoms with E-state index in [1.807, 2.05) is 29.2 Å². The lowest BCUT2D eigenvalue weighted by atomic mass is 9.94. The van der Waals surface area contributed by atoms with Gasteiger partial charge >= 0.3 is 5.97 Å². The number of hydrogen-bond acceptors (Lipinski definition) is 6. The summed E-state index contributed by atoms with van der Waals surface area (Å²) in [6, 6.07) is 12.6. The fourth-order valence-corrected chi connectivity index (χ4v) is 3.41. The lowest BCUT2D eigenvalue weighted by Gasteiger charge is -2.34. The smallest absolute Gasteiger partial charge is 0.323 e. The van der Waals surface area contributed by atoms with Crippen LogP contribution in [-0.2, 0) is 27.3 Å². The lowest BCUT2D eigenvalue weighted by molar-refractivity contribution is -0.148. The van der Waals surface area contributed by atoms with E-state index in [-0.39, 0.29) is 18.4 Å². The van der Waals surface area contributed by atoms with Crippen LogP contribution in [0.2, 0.25) is 0 Å². The van der Waals surface area contributed by atoms with Crippen LogP contribution in [0, 0.1) is 0 Å². The van der Waals surface area contributed by atoms with Gasteiger partial charge in [-0.1, -0.05) is 24.3 Å². The third kappa shape index (κ3) is 4.26. The average Bonchev–Trinajstić information content (AvgIpc) is 2.72. The standard InChI is InChI=1S/C21H24N2O5/c1-26-18-9-8-16(11-19(18)27-2)22-20(24)13-23-12-15-7-5-4-6-14(15)10-17(23)21(25)28-3/h4-9,11,17H,10,12-13H2,1-3H3,(H,22,24)/t17-/m0/s1. The van der Waals surface area contributed by atoms with Gasteiger partial charge in [0.15, 0.2) is 11.5 Å². The third-order valence-corrected chi connectivity index (χ3v) is 4.83. The number of methoxy groups -OCH3 is 3. The summed E-state index contributed by atoms with van der Waals surface area (Å²) >= 11 is 0. The maximum atomic E-state index is 12.6. The van der Waals surface area contributed by atoms with E-state index < -0.39 is 6.04 Å². The molecular weight excluding hydrogens is 360 g/mol. The molecule has 2 aromatic rings.